The number of nitrogens with one attached hydrogen (secondary N) is 1. The molecule has 0 aromatic heterocycles. The van der Waals surface area contributed by atoms with E-state index in [0.29, 0.717) is 22.1 Å². The van der Waals surface area contributed by atoms with Gasteiger partial charge in [0.15, 0.2) is 11.5 Å². The highest BCUT2D eigenvalue weighted by molar-refractivity contribution is 9.10. The fraction of sp³-hybridized carbons (Fsp3) is 0.368. The number of hydrogen-bond donors (Lipinski definition) is 1. The van der Waals surface area contributed by atoms with Crippen molar-refractivity contribution >= 4 is 27.5 Å². The minimum absolute atomic E-state index is 0.0302. The van der Waals surface area contributed by atoms with Gasteiger partial charge in [-0.25, -0.2) is 4.39 Å². The summed E-state index contributed by atoms with van der Waals surface area (Å²) < 4.78 is 25.9. The van der Waals surface area contributed by atoms with Crippen LogP contribution in [0.5, 0.6) is 11.5 Å². The summed E-state index contributed by atoms with van der Waals surface area (Å²) in [4.78, 5) is 0. The van der Waals surface area contributed by atoms with Crippen LogP contribution in [0.25, 0.3) is 0 Å². The lowest BCUT2D eigenvalue weighted by molar-refractivity contribution is 0.279. The van der Waals surface area contributed by atoms with E-state index in [1.54, 1.807) is 19.2 Å². The summed E-state index contributed by atoms with van der Waals surface area (Å²) in [5, 5.41) is 3.74. The van der Waals surface area contributed by atoms with Crippen LogP contribution in [0, 0.1) is 5.82 Å². The van der Waals surface area contributed by atoms with Crippen LogP contribution in [0.4, 0.5) is 4.39 Å². The SMILES string of the molecule is CCCCNCc1cc(OC)c(OCc2c(F)cccc2Cl)cc1Br. The Hall–Kier alpha value is -1.30. The highest BCUT2D eigenvalue weighted by Crippen LogP contribution is 2.34. The summed E-state index contributed by atoms with van der Waals surface area (Å²) in [6.07, 6.45) is 2.29. The molecule has 0 atom stereocenters. The molecular weight excluding hydrogens is 409 g/mol. The van der Waals surface area contributed by atoms with Gasteiger partial charge in [-0.2, -0.15) is 0 Å². The van der Waals surface area contributed by atoms with E-state index in [2.05, 4.69) is 28.2 Å². The van der Waals surface area contributed by atoms with Gasteiger partial charge in [0.1, 0.15) is 12.4 Å². The third kappa shape index (κ3) is 5.59. The second kappa shape index (κ2) is 10.00. The molecule has 0 radical (unpaired) electrons. The first-order valence-corrected chi connectivity index (χ1v) is 9.36. The zero-order chi connectivity index (χ0) is 18.2. The Bertz CT molecular complexity index is 692. The lowest BCUT2D eigenvalue weighted by Crippen LogP contribution is -2.15. The van der Waals surface area contributed by atoms with Crippen molar-refractivity contribution in [2.75, 3.05) is 13.7 Å². The van der Waals surface area contributed by atoms with E-state index in [9.17, 15) is 4.39 Å². The van der Waals surface area contributed by atoms with E-state index in [1.165, 1.54) is 6.07 Å². The largest absolute Gasteiger partial charge is 0.493 e. The summed E-state index contributed by atoms with van der Waals surface area (Å²) in [6.45, 7) is 3.89. The van der Waals surface area contributed by atoms with Gasteiger partial charge >= 0.3 is 0 Å². The van der Waals surface area contributed by atoms with E-state index in [1.807, 2.05) is 12.1 Å². The molecule has 0 amide bonds. The fourth-order valence-corrected chi connectivity index (χ4v) is 3.01. The average molecular weight is 431 g/mol. The molecule has 25 heavy (non-hydrogen) atoms. The molecule has 0 bridgehead atoms. The van der Waals surface area contributed by atoms with Crippen LogP contribution in [0.3, 0.4) is 0 Å². The van der Waals surface area contributed by atoms with Gasteiger partial charge in [-0.1, -0.05) is 46.9 Å². The van der Waals surface area contributed by atoms with Crippen molar-refractivity contribution < 1.29 is 13.9 Å². The third-order valence-corrected chi connectivity index (χ3v) is 4.88. The van der Waals surface area contributed by atoms with Gasteiger partial charge in [0.25, 0.3) is 0 Å². The Morgan fingerprint density at radius 2 is 2.04 bits per heavy atom. The van der Waals surface area contributed by atoms with E-state index in [4.69, 9.17) is 21.1 Å². The van der Waals surface area contributed by atoms with E-state index < -0.39 is 0 Å². The zero-order valence-corrected chi connectivity index (χ0v) is 16.7. The van der Waals surface area contributed by atoms with Gasteiger partial charge in [-0.3, -0.25) is 0 Å². The molecule has 0 aliphatic rings. The number of ether oxygens (including phenoxy) is 2. The van der Waals surface area contributed by atoms with Crippen LogP contribution in [0.1, 0.15) is 30.9 Å². The first kappa shape index (κ1) is 20.0. The summed E-state index contributed by atoms with van der Waals surface area (Å²) in [5.74, 6) is 0.747. The number of hydrogen-bond acceptors (Lipinski definition) is 3. The van der Waals surface area contributed by atoms with Gasteiger partial charge in [0.2, 0.25) is 0 Å². The van der Waals surface area contributed by atoms with Gasteiger partial charge in [-0.15, -0.1) is 0 Å². The van der Waals surface area contributed by atoms with Crippen molar-refractivity contribution in [3.05, 3.63) is 56.8 Å². The van der Waals surface area contributed by atoms with Crippen molar-refractivity contribution in [3.63, 3.8) is 0 Å². The maximum absolute atomic E-state index is 13.9. The molecule has 0 unspecified atom stereocenters. The minimum Gasteiger partial charge on any atom is -0.493 e. The number of benzene rings is 2. The van der Waals surface area contributed by atoms with Gasteiger partial charge < -0.3 is 14.8 Å². The smallest absolute Gasteiger partial charge is 0.162 e. The first-order valence-electron chi connectivity index (χ1n) is 8.19. The molecule has 0 aliphatic carbocycles. The first-order chi connectivity index (χ1) is 12.1. The summed E-state index contributed by atoms with van der Waals surface area (Å²) >= 11 is 9.60. The molecule has 0 aliphatic heterocycles. The normalized spacial score (nSPS) is 10.8. The lowest BCUT2D eigenvalue weighted by Gasteiger charge is -2.15. The Morgan fingerprint density at radius 3 is 2.72 bits per heavy atom. The Balaban J connectivity index is 2.11. The molecule has 2 aromatic rings. The standard InChI is InChI=1S/C19H22BrClFNO2/c1-3-4-8-23-11-13-9-18(24-2)19(10-15(13)20)25-12-14-16(21)6-5-7-17(14)22/h5-7,9-10,23H,3-4,8,11-12H2,1-2H3. The molecule has 1 N–H and O–H groups in total. The van der Waals surface area contributed by atoms with Crippen LogP contribution in [-0.4, -0.2) is 13.7 Å². The molecule has 0 fully saturated rings. The van der Waals surface area contributed by atoms with Crippen molar-refractivity contribution in [3.8, 4) is 11.5 Å². The fourth-order valence-electron chi connectivity index (χ4n) is 2.33. The van der Waals surface area contributed by atoms with Crippen LogP contribution < -0.4 is 14.8 Å². The molecule has 3 nitrogen and oxygen atoms in total. The van der Waals surface area contributed by atoms with Crippen molar-refractivity contribution in [1.82, 2.24) is 5.32 Å². The molecular formula is C19H22BrClFNO2. The molecule has 0 heterocycles. The number of unbranched alkanes of at least 4 members (excludes halogenated alkanes) is 1. The quantitative estimate of drug-likeness (QED) is 0.516. The van der Waals surface area contributed by atoms with Crippen molar-refractivity contribution in [2.24, 2.45) is 0 Å². The van der Waals surface area contributed by atoms with Crippen molar-refractivity contribution in [2.45, 2.75) is 32.9 Å². The predicted molar refractivity (Wildman–Crippen MR) is 103 cm³/mol. The monoisotopic (exact) mass is 429 g/mol. The average Bonchev–Trinajstić information content (AvgIpc) is 2.59. The number of halogens is 3. The summed E-state index contributed by atoms with van der Waals surface area (Å²) in [5.41, 5.74) is 1.40. The third-order valence-electron chi connectivity index (χ3n) is 3.79. The maximum Gasteiger partial charge on any atom is 0.162 e. The molecule has 2 rings (SSSR count). The maximum atomic E-state index is 13.9. The molecule has 6 heteroatoms. The lowest BCUT2D eigenvalue weighted by atomic mass is 10.2. The van der Waals surface area contributed by atoms with E-state index in [-0.39, 0.29) is 12.4 Å². The Kier molecular flexibility index (Phi) is 8.00. The van der Waals surface area contributed by atoms with E-state index in [0.717, 1.165) is 36.0 Å². The number of methoxy groups -OCH3 is 1. The van der Waals surface area contributed by atoms with Crippen LogP contribution in [0.15, 0.2) is 34.8 Å². The van der Waals surface area contributed by atoms with Crippen molar-refractivity contribution in [1.29, 1.82) is 0 Å². The molecule has 136 valence electrons. The predicted octanol–water partition coefficient (Wildman–Crippen LogP) is 5.72. The molecule has 2 aromatic carbocycles. The van der Waals surface area contributed by atoms with Gasteiger partial charge in [0.05, 0.1) is 12.1 Å². The van der Waals surface area contributed by atoms with Gasteiger partial charge in [0, 0.05) is 16.6 Å². The van der Waals surface area contributed by atoms with Crippen LogP contribution >= 0.6 is 27.5 Å². The highest BCUT2D eigenvalue weighted by Gasteiger charge is 2.13. The van der Waals surface area contributed by atoms with Crippen LogP contribution in [-0.2, 0) is 13.2 Å². The summed E-state index contributed by atoms with van der Waals surface area (Å²) in [6, 6.07) is 8.33. The zero-order valence-electron chi connectivity index (χ0n) is 14.4. The molecule has 0 saturated carbocycles. The minimum atomic E-state index is -0.387. The highest BCUT2D eigenvalue weighted by atomic mass is 79.9. The summed E-state index contributed by atoms with van der Waals surface area (Å²) in [7, 11) is 1.58. The topological polar surface area (TPSA) is 30.5 Å². The second-order valence-electron chi connectivity index (χ2n) is 5.61. The van der Waals surface area contributed by atoms with Crippen LogP contribution in [0.2, 0.25) is 5.02 Å². The second-order valence-corrected chi connectivity index (χ2v) is 6.88. The molecule has 0 spiro atoms. The van der Waals surface area contributed by atoms with E-state index >= 15 is 0 Å². The Morgan fingerprint density at radius 1 is 1.24 bits per heavy atom. The number of rotatable bonds is 9. The Labute approximate surface area is 161 Å². The molecule has 0 saturated heterocycles. The van der Waals surface area contributed by atoms with Gasteiger partial charge in [-0.05, 0) is 42.8 Å².